The Balaban J connectivity index is 3.22. The quantitative estimate of drug-likeness (QED) is 0.508. The number of hydrogen-bond acceptors (Lipinski definition) is 2. The van der Waals surface area contributed by atoms with E-state index in [9.17, 15) is 53.1 Å². The molecule has 0 N–H and O–H groups in total. The summed E-state index contributed by atoms with van der Waals surface area (Å²) in [6.45, 7) is 0. The lowest BCUT2D eigenvalue weighted by molar-refractivity contribution is -0.339. The van der Waals surface area contributed by atoms with Crippen LogP contribution in [0.4, 0.5) is 48.3 Å². The summed E-state index contributed by atoms with van der Waals surface area (Å²) >= 11 is 0. The molecule has 0 aliphatic heterocycles. The zero-order chi connectivity index (χ0) is 19.8. The fourth-order valence-corrected chi connectivity index (χ4v) is 1.40. The van der Waals surface area contributed by atoms with Gasteiger partial charge in [-0.25, -0.2) is 0 Å². The highest BCUT2D eigenvalue weighted by Crippen LogP contribution is 2.48. The second-order valence-corrected chi connectivity index (χ2v) is 4.47. The molecule has 0 bridgehead atoms. The number of carbonyl (C=O) groups excluding carboxylic acids is 1. The summed E-state index contributed by atoms with van der Waals surface area (Å²) in [6.07, 6.45) is -16.3. The maximum atomic E-state index is 13.2. The summed E-state index contributed by atoms with van der Waals surface area (Å²) in [6, 6.07) is 1.13. The number of carbonyl (C=O) groups is 1. The number of ketones is 1. The highest BCUT2D eigenvalue weighted by atomic mass is 19.4. The molecule has 2 nitrogen and oxygen atoms in total. The van der Waals surface area contributed by atoms with Crippen molar-refractivity contribution in [2.45, 2.75) is 30.6 Å². The van der Waals surface area contributed by atoms with E-state index in [4.69, 9.17) is 0 Å². The van der Waals surface area contributed by atoms with Crippen LogP contribution in [0.3, 0.4) is 0 Å². The summed E-state index contributed by atoms with van der Waals surface area (Å²) in [5.74, 6) is -17.4. The molecular weight excluding hydrogens is 385 g/mol. The largest absolute Gasteiger partial charge is 0.461 e. The molecule has 0 unspecified atom stereocenters. The zero-order valence-corrected chi connectivity index (χ0v) is 11.4. The van der Waals surface area contributed by atoms with Gasteiger partial charge in [0, 0.05) is 5.56 Å². The van der Waals surface area contributed by atoms with E-state index in [0.29, 0.717) is 12.1 Å². The van der Waals surface area contributed by atoms with Gasteiger partial charge in [-0.05, 0) is 12.1 Å². The Labute approximate surface area is 131 Å². The van der Waals surface area contributed by atoms with Crippen molar-refractivity contribution >= 4 is 5.78 Å². The lowest BCUT2D eigenvalue weighted by Crippen LogP contribution is -2.56. The first-order valence-corrected chi connectivity index (χ1v) is 5.86. The number of hydrogen-bond donors (Lipinski definition) is 0. The molecule has 0 fully saturated rings. The third-order valence-electron chi connectivity index (χ3n) is 2.64. The molecule has 0 atom stereocenters. The van der Waals surface area contributed by atoms with Gasteiger partial charge in [0.15, 0.2) is 0 Å². The Morgan fingerprint density at radius 2 is 1.44 bits per heavy atom. The molecule has 142 valence electrons. The molecule has 0 aliphatic rings. The van der Waals surface area contributed by atoms with E-state index >= 15 is 0 Å². The van der Waals surface area contributed by atoms with E-state index in [1.807, 2.05) is 0 Å². The van der Waals surface area contributed by atoms with Gasteiger partial charge < -0.3 is 4.74 Å². The van der Waals surface area contributed by atoms with Gasteiger partial charge in [0.25, 0.3) is 0 Å². The van der Waals surface area contributed by atoms with Gasteiger partial charge in [-0.2, -0.15) is 48.3 Å². The summed E-state index contributed by atoms with van der Waals surface area (Å²) in [7, 11) is 0. The molecule has 0 saturated carbocycles. The minimum absolute atomic E-state index is 0.0982. The van der Waals surface area contributed by atoms with Crippen molar-refractivity contribution in [3.05, 3.63) is 29.8 Å². The van der Waals surface area contributed by atoms with Crippen LogP contribution in [0.5, 0.6) is 5.75 Å². The van der Waals surface area contributed by atoms with Crippen molar-refractivity contribution < 1.29 is 57.8 Å². The number of Topliss-reactive ketones (excluding diaryl/α,β-unsaturated/α-hetero) is 1. The Bertz CT molecular complexity index is 636. The van der Waals surface area contributed by atoms with Crippen LogP contribution in [0.15, 0.2) is 24.3 Å². The number of alkyl halides is 11. The number of benzene rings is 1. The van der Waals surface area contributed by atoms with E-state index in [0.717, 1.165) is 0 Å². The molecule has 0 saturated heterocycles. The molecule has 1 aromatic rings. The predicted octanol–water partition coefficient (Wildman–Crippen LogP) is 4.94. The maximum absolute atomic E-state index is 13.2. The number of ether oxygens (including phenoxy) is 1. The molecule has 0 heterocycles. The minimum atomic E-state index is -6.79. The standard InChI is InChI=1S/C12H5F11O2/c13-8(14)10(17,18)25-6-3-1-2-5(4-6)7(24)9(15,16)11(19,20)12(21,22)23/h1-4,8H. The predicted molar refractivity (Wildman–Crippen MR) is 58.3 cm³/mol. The zero-order valence-electron chi connectivity index (χ0n) is 11.4. The lowest BCUT2D eigenvalue weighted by Gasteiger charge is -2.27. The second kappa shape index (κ2) is 6.33. The first kappa shape index (κ1) is 21.0. The third kappa shape index (κ3) is 3.95. The van der Waals surface area contributed by atoms with E-state index in [2.05, 4.69) is 4.74 Å². The molecule has 13 heteroatoms. The molecule has 0 aliphatic carbocycles. The monoisotopic (exact) mass is 390 g/mol. The molecule has 1 rings (SSSR count). The van der Waals surface area contributed by atoms with Gasteiger partial charge in [-0.3, -0.25) is 4.79 Å². The van der Waals surface area contributed by atoms with Crippen LogP contribution in [0.25, 0.3) is 0 Å². The first-order chi connectivity index (χ1) is 11.0. The van der Waals surface area contributed by atoms with Gasteiger partial charge in [0.05, 0.1) is 0 Å². The van der Waals surface area contributed by atoms with Crippen LogP contribution in [0, 0.1) is 0 Å². The van der Waals surface area contributed by atoms with E-state index in [1.165, 1.54) is 0 Å². The van der Waals surface area contributed by atoms with Gasteiger partial charge >= 0.3 is 30.6 Å². The van der Waals surface area contributed by atoms with Crippen molar-refractivity contribution in [2.24, 2.45) is 0 Å². The van der Waals surface area contributed by atoms with Crippen molar-refractivity contribution in [2.75, 3.05) is 0 Å². The molecule has 0 radical (unpaired) electrons. The Kier molecular flexibility index (Phi) is 5.31. The maximum Gasteiger partial charge on any atom is 0.461 e. The van der Waals surface area contributed by atoms with Gasteiger partial charge in [0.2, 0.25) is 5.78 Å². The summed E-state index contributed by atoms with van der Waals surface area (Å²) < 4.78 is 141. The average molecular weight is 390 g/mol. The van der Waals surface area contributed by atoms with Crippen LogP contribution >= 0.6 is 0 Å². The van der Waals surface area contributed by atoms with Gasteiger partial charge in [0.1, 0.15) is 5.75 Å². The summed E-state index contributed by atoms with van der Waals surface area (Å²) in [5.41, 5.74) is -1.59. The van der Waals surface area contributed by atoms with E-state index in [1.54, 1.807) is 0 Å². The molecule has 1 aromatic carbocycles. The molecule has 25 heavy (non-hydrogen) atoms. The number of rotatable bonds is 6. The fourth-order valence-electron chi connectivity index (χ4n) is 1.40. The van der Waals surface area contributed by atoms with Crippen molar-refractivity contribution in [3.8, 4) is 5.75 Å². The fraction of sp³-hybridized carbons (Fsp3) is 0.417. The van der Waals surface area contributed by atoms with Gasteiger partial charge in [-0.15, -0.1) is 0 Å². The van der Waals surface area contributed by atoms with Crippen LogP contribution in [0.2, 0.25) is 0 Å². The first-order valence-electron chi connectivity index (χ1n) is 5.86. The minimum Gasteiger partial charge on any atom is -0.428 e. The highest BCUT2D eigenvalue weighted by molar-refractivity contribution is 6.02. The number of halogens is 11. The van der Waals surface area contributed by atoms with Crippen LogP contribution < -0.4 is 4.74 Å². The van der Waals surface area contributed by atoms with Crippen molar-refractivity contribution in [1.82, 2.24) is 0 Å². The molecular formula is C12H5F11O2. The summed E-state index contributed by atoms with van der Waals surface area (Å²) in [4.78, 5) is 11.3. The molecule has 0 spiro atoms. The van der Waals surface area contributed by atoms with Crippen molar-refractivity contribution in [3.63, 3.8) is 0 Å². The topological polar surface area (TPSA) is 26.3 Å². The third-order valence-corrected chi connectivity index (χ3v) is 2.64. The SMILES string of the molecule is O=C(c1cccc(OC(F)(F)C(F)F)c1)C(F)(F)C(F)(F)C(F)(F)F. The summed E-state index contributed by atoms with van der Waals surface area (Å²) in [5, 5.41) is 0. The van der Waals surface area contributed by atoms with Crippen molar-refractivity contribution in [1.29, 1.82) is 0 Å². The smallest absolute Gasteiger partial charge is 0.428 e. The Morgan fingerprint density at radius 3 is 1.88 bits per heavy atom. The Hall–Kier alpha value is -2.08. The van der Waals surface area contributed by atoms with Crippen LogP contribution in [-0.4, -0.2) is 36.3 Å². The van der Waals surface area contributed by atoms with Gasteiger partial charge in [-0.1, -0.05) is 12.1 Å². The second-order valence-electron chi connectivity index (χ2n) is 4.47. The van der Waals surface area contributed by atoms with Crippen LogP contribution in [0.1, 0.15) is 10.4 Å². The Morgan fingerprint density at radius 1 is 0.920 bits per heavy atom. The highest BCUT2D eigenvalue weighted by Gasteiger charge is 2.76. The normalized spacial score (nSPS) is 13.9. The lowest BCUT2D eigenvalue weighted by atomic mass is 10.00. The van der Waals surface area contributed by atoms with E-state index in [-0.39, 0.29) is 12.1 Å². The van der Waals surface area contributed by atoms with Crippen LogP contribution in [-0.2, 0) is 0 Å². The average Bonchev–Trinajstić information content (AvgIpc) is 2.44. The van der Waals surface area contributed by atoms with E-state index < -0.39 is 47.7 Å². The molecule has 0 amide bonds. The molecule has 0 aromatic heterocycles.